The zero-order chi connectivity index (χ0) is 40.1. The first-order valence-electron chi connectivity index (χ1n) is 20.4. The number of para-hydroxylation sites is 2. The van der Waals surface area contributed by atoms with Gasteiger partial charge in [0.15, 0.2) is 0 Å². The summed E-state index contributed by atoms with van der Waals surface area (Å²) in [4.78, 5) is 0. The van der Waals surface area contributed by atoms with Gasteiger partial charge in [0.05, 0.1) is 34.1 Å². The van der Waals surface area contributed by atoms with Crippen molar-refractivity contribution in [3.8, 4) is 0 Å². The molecule has 7 aromatic carbocycles. The van der Waals surface area contributed by atoms with Crippen LogP contribution in [0.15, 0.2) is 200 Å². The maximum absolute atomic E-state index is 3.75. The molecular formula is C48H48N12. The van der Waals surface area contributed by atoms with Crippen LogP contribution in [-0.4, -0.2) is 20.0 Å². The largest absolute Gasteiger partial charge is 0.286 e. The van der Waals surface area contributed by atoms with Gasteiger partial charge in [-0.15, -0.1) is 0 Å². The second kappa shape index (κ2) is 17.1. The average molecular weight is 793 g/mol. The molecule has 60 heavy (non-hydrogen) atoms. The molecule has 3 aliphatic heterocycles. The van der Waals surface area contributed by atoms with Crippen molar-refractivity contribution >= 4 is 34.1 Å². The molecular weight excluding hydrogens is 745 g/mol. The third-order valence-corrected chi connectivity index (χ3v) is 11.0. The zero-order valence-electron chi connectivity index (χ0n) is 33.1. The zero-order valence-corrected chi connectivity index (χ0v) is 33.1. The van der Waals surface area contributed by atoms with Crippen LogP contribution in [0, 0.1) is 0 Å². The van der Waals surface area contributed by atoms with E-state index in [0.29, 0.717) is 20.0 Å². The number of anilines is 6. The standard InChI is InChI=1S/C48H48N12/c1-6-16-37(17-7-1)46-49-55(40-22-12-4-13-23-40)34-57(51-46)42-26-30-44(31-27-42)59-36-60(54-48(53-59)39-20-10-3-11-21-39)45-32-28-43(29-33-45)58-35-56(41-24-14-5-15-25-41)50-47(52-58)38-18-8-2-9-19-38/h1-33,46-54H,34-36H2. The predicted molar refractivity (Wildman–Crippen MR) is 242 cm³/mol. The molecule has 10 rings (SSSR count). The van der Waals surface area contributed by atoms with E-state index >= 15 is 0 Å². The van der Waals surface area contributed by atoms with Crippen molar-refractivity contribution in [1.29, 1.82) is 0 Å². The lowest BCUT2D eigenvalue weighted by Crippen LogP contribution is -2.63. The maximum atomic E-state index is 3.75. The number of hydrogen-bond acceptors (Lipinski definition) is 12. The third kappa shape index (κ3) is 8.20. The van der Waals surface area contributed by atoms with Gasteiger partial charge in [-0.3, -0.25) is 30.1 Å². The van der Waals surface area contributed by atoms with E-state index in [1.54, 1.807) is 0 Å². The maximum Gasteiger partial charge on any atom is 0.120 e. The summed E-state index contributed by atoms with van der Waals surface area (Å²) in [7, 11) is 0. The monoisotopic (exact) mass is 792 g/mol. The number of benzene rings is 7. The lowest BCUT2D eigenvalue weighted by molar-refractivity contribution is 0.346. The summed E-state index contributed by atoms with van der Waals surface area (Å²) >= 11 is 0. The Morgan fingerprint density at radius 2 is 0.417 bits per heavy atom. The minimum absolute atomic E-state index is 0.114. The van der Waals surface area contributed by atoms with Crippen LogP contribution in [0.4, 0.5) is 34.1 Å². The van der Waals surface area contributed by atoms with Crippen molar-refractivity contribution < 1.29 is 0 Å². The van der Waals surface area contributed by atoms with Crippen LogP contribution in [0.5, 0.6) is 0 Å². The van der Waals surface area contributed by atoms with Gasteiger partial charge in [-0.1, -0.05) is 127 Å². The fourth-order valence-electron chi connectivity index (χ4n) is 7.85. The van der Waals surface area contributed by atoms with Gasteiger partial charge in [-0.05, 0) is 89.5 Å². The Hall–Kier alpha value is -6.90. The Labute approximate surface area is 351 Å². The molecule has 0 aromatic heterocycles. The van der Waals surface area contributed by atoms with E-state index in [1.165, 1.54) is 0 Å². The van der Waals surface area contributed by atoms with Crippen molar-refractivity contribution in [2.45, 2.75) is 18.5 Å². The van der Waals surface area contributed by atoms with Crippen molar-refractivity contribution in [2.75, 3.05) is 50.1 Å². The van der Waals surface area contributed by atoms with E-state index in [-0.39, 0.29) is 18.5 Å². The second-order valence-corrected chi connectivity index (χ2v) is 15.0. The van der Waals surface area contributed by atoms with Crippen molar-refractivity contribution in [3.63, 3.8) is 0 Å². The van der Waals surface area contributed by atoms with Crippen LogP contribution in [-0.2, 0) is 0 Å². The number of rotatable bonds is 9. The Morgan fingerprint density at radius 3 is 0.633 bits per heavy atom. The highest BCUT2D eigenvalue weighted by Gasteiger charge is 2.30. The Balaban J connectivity index is 0.893. The summed E-state index contributed by atoms with van der Waals surface area (Å²) in [6, 6.07) is 69.8. The highest BCUT2D eigenvalue weighted by atomic mass is 15.8. The van der Waals surface area contributed by atoms with Gasteiger partial charge >= 0.3 is 0 Å². The topological polar surface area (TPSA) is 91.6 Å². The van der Waals surface area contributed by atoms with E-state index < -0.39 is 0 Å². The van der Waals surface area contributed by atoms with E-state index in [4.69, 9.17) is 0 Å². The lowest BCUT2D eigenvalue weighted by Gasteiger charge is -2.45. The van der Waals surface area contributed by atoms with Crippen LogP contribution in [0.25, 0.3) is 0 Å². The van der Waals surface area contributed by atoms with E-state index in [1.807, 2.05) is 24.3 Å². The Kier molecular flexibility index (Phi) is 10.7. The molecule has 3 saturated heterocycles. The molecule has 12 nitrogen and oxygen atoms in total. The lowest BCUT2D eigenvalue weighted by atomic mass is 10.1. The van der Waals surface area contributed by atoms with Crippen LogP contribution in [0.3, 0.4) is 0 Å². The second-order valence-electron chi connectivity index (χ2n) is 15.0. The van der Waals surface area contributed by atoms with Crippen LogP contribution in [0.1, 0.15) is 35.2 Å². The summed E-state index contributed by atoms with van der Waals surface area (Å²) < 4.78 is 0. The Bertz CT molecular complexity index is 2160. The van der Waals surface area contributed by atoms with Gasteiger partial charge in [0.25, 0.3) is 0 Å². The molecule has 7 aromatic rings. The summed E-state index contributed by atoms with van der Waals surface area (Å²) in [5.74, 6) is 0. The molecule has 0 bridgehead atoms. The fraction of sp³-hybridized carbons (Fsp3) is 0.125. The first-order chi connectivity index (χ1) is 29.7. The van der Waals surface area contributed by atoms with Gasteiger partial charge < -0.3 is 0 Å². The summed E-state index contributed by atoms with van der Waals surface area (Å²) in [5, 5.41) is 13.2. The SMILES string of the molecule is c1ccc(C2NN(c3ccccc3)CN(c3ccc(N4CN(c5ccc(N6CN(c7ccccc7)NC(c7ccccc7)N6)cc5)NC(c5ccccc5)N4)cc3)N2)cc1. The van der Waals surface area contributed by atoms with Gasteiger partial charge in [0, 0.05) is 0 Å². The number of hydrazine groups is 6. The molecule has 300 valence electrons. The van der Waals surface area contributed by atoms with Gasteiger partial charge in [-0.2, -0.15) is 0 Å². The summed E-state index contributed by atoms with van der Waals surface area (Å²) in [5.41, 5.74) is 32.1. The van der Waals surface area contributed by atoms with Crippen LogP contribution in [0.2, 0.25) is 0 Å². The molecule has 3 aliphatic rings. The van der Waals surface area contributed by atoms with E-state index in [0.717, 1.165) is 50.8 Å². The smallest absolute Gasteiger partial charge is 0.120 e. The van der Waals surface area contributed by atoms with Gasteiger partial charge in [0.2, 0.25) is 0 Å². The van der Waals surface area contributed by atoms with Crippen LogP contribution < -0.4 is 62.6 Å². The molecule has 0 saturated carbocycles. The number of hydrogen-bond donors (Lipinski definition) is 6. The fourth-order valence-corrected chi connectivity index (χ4v) is 7.85. The summed E-state index contributed by atoms with van der Waals surface area (Å²) in [6.45, 7) is 1.79. The Morgan fingerprint density at radius 1 is 0.233 bits per heavy atom. The van der Waals surface area contributed by atoms with Crippen molar-refractivity contribution in [1.82, 2.24) is 32.6 Å². The molecule has 3 heterocycles. The average Bonchev–Trinajstić information content (AvgIpc) is 3.35. The highest BCUT2D eigenvalue weighted by molar-refractivity contribution is 5.61. The van der Waals surface area contributed by atoms with Crippen molar-refractivity contribution in [3.05, 3.63) is 217 Å². The minimum Gasteiger partial charge on any atom is -0.286 e. The van der Waals surface area contributed by atoms with E-state index in [9.17, 15) is 0 Å². The van der Waals surface area contributed by atoms with Crippen LogP contribution >= 0.6 is 0 Å². The number of nitrogens with one attached hydrogen (secondary N) is 6. The van der Waals surface area contributed by atoms with Gasteiger partial charge in [0.1, 0.15) is 38.5 Å². The molecule has 3 fully saturated rings. The molecule has 0 spiro atoms. The summed E-state index contributed by atoms with van der Waals surface area (Å²) in [6.07, 6.45) is -0.394. The normalized spacial score (nSPS) is 19.7. The first-order valence-corrected chi connectivity index (χ1v) is 20.4. The predicted octanol–water partition coefficient (Wildman–Crippen LogP) is 7.66. The highest BCUT2D eigenvalue weighted by Crippen LogP contribution is 2.30. The number of nitrogens with zero attached hydrogens (tertiary/aromatic N) is 6. The molecule has 12 heteroatoms. The molecule has 0 radical (unpaired) electrons. The molecule has 0 amide bonds. The quantitative estimate of drug-likeness (QED) is 0.0868. The van der Waals surface area contributed by atoms with Crippen molar-refractivity contribution in [2.24, 2.45) is 0 Å². The molecule has 2 unspecified atom stereocenters. The molecule has 6 N–H and O–H groups in total. The minimum atomic E-state index is -0.166. The molecule has 2 atom stereocenters. The molecule has 0 aliphatic carbocycles. The first kappa shape index (κ1) is 37.4. The third-order valence-electron chi connectivity index (χ3n) is 11.0. The van der Waals surface area contributed by atoms with Gasteiger partial charge in [-0.25, -0.2) is 32.6 Å². The van der Waals surface area contributed by atoms with E-state index in [2.05, 4.69) is 239 Å².